The van der Waals surface area contributed by atoms with Crippen molar-refractivity contribution in [2.45, 2.75) is 13.5 Å². The number of hydrogen-bond donors (Lipinski definition) is 1. The van der Waals surface area contributed by atoms with Crippen molar-refractivity contribution in [3.8, 4) is 6.07 Å². The quantitative estimate of drug-likeness (QED) is 0.561. The molecule has 1 N–H and O–H groups in total. The van der Waals surface area contributed by atoms with Crippen molar-refractivity contribution < 1.29 is 0 Å². The van der Waals surface area contributed by atoms with Crippen LogP contribution in [0.3, 0.4) is 0 Å². The molecule has 0 aliphatic heterocycles. The maximum Gasteiger partial charge on any atom is 0.267 e. The van der Waals surface area contributed by atoms with E-state index in [9.17, 15) is 10.1 Å². The van der Waals surface area contributed by atoms with Gasteiger partial charge in [0.25, 0.3) is 5.56 Å². The highest BCUT2D eigenvalue weighted by molar-refractivity contribution is 5.77. The Morgan fingerprint density at radius 1 is 1.23 bits per heavy atom. The fraction of sp³-hybridized carbons (Fsp3) is 0.105. The molecule has 0 fully saturated rings. The second-order valence-corrected chi connectivity index (χ2v) is 6.05. The van der Waals surface area contributed by atoms with Gasteiger partial charge in [0, 0.05) is 18.6 Å². The average molecular weight is 342 g/mol. The Labute approximate surface area is 148 Å². The van der Waals surface area contributed by atoms with E-state index in [0.29, 0.717) is 23.2 Å². The second-order valence-electron chi connectivity index (χ2n) is 6.05. The van der Waals surface area contributed by atoms with Gasteiger partial charge in [-0.15, -0.1) is 0 Å². The highest BCUT2D eigenvalue weighted by Gasteiger charge is 2.13. The second kappa shape index (κ2) is 5.93. The standard InChI is InChI=1S/C19H14N6O/c1-12-2-3-16-23-18-15(19(26)24(16)10-12)8-14(9-20)17(21)25(18)11-13-4-6-22-7-5-13/h2-8,10,21H,11H2,1H3. The number of aryl methyl sites for hydroxylation is 1. The van der Waals surface area contributed by atoms with Crippen LogP contribution < -0.4 is 11.0 Å². The molecular formula is C19H14N6O. The number of hydrogen-bond acceptors (Lipinski definition) is 5. The number of nitrogens with zero attached hydrogens (tertiary/aromatic N) is 5. The van der Waals surface area contributed by atoms with E-state index in [0.717, 1.165) is 11.1 Å². The highest BCUT2D eigenvalue weighted by atomic mass is 16.1. The molecule has 4 rings (SSSR count). The largest absolute Gasteiger partial charge is 0.305 e. The molecule has 0 atom stereocenters. The summed E-state index contributed by atoms with van der Waals surface area (Å²) in [5, 5.41) is 18.1. The molecule has 126 valence electrons. The summed E-state index contributed by atoms with van der Waals surface area (Å²) in [6.07, 6.45) is 5.05. The molecule has 7 heteroatoms. The van der Waals surface area contributed by atoms with Crippen molar-refractivity contribution in [2.24, 2.45) is 0 Å². The van der Waals surface area contributed by atoms with Crippen molar-refractivity contribution in [1.29, 1.82) is 10.7 Å². The van der Waals surface area contributed by atoms with Crippen molar-refractivity contribution >= 4 is 16.7 Å². The van der Waals surface area contributed by atoms with Gasteiger partial charge in [0.05, 0.1) is 17.5 Å². The first kappa shape index (κ1) is 15.7. The predicted molar refractivity (Wildman–Crippen MR) is 95.6 cm³/mol. The number of pyridine rings is 3. The van der Waals surface area contributed by atoms with Gasteiger partial charge < -0.3 is 4.57 Å². The lowest BCUT2D eigenvalue weighted by Crippen LogP contribution is -2.28. The molecule has 0 unspecified atom stereocenters. The number of nitrogens with one attached hydrogen (secondary N) is 1. The molecule has 0 aliphatic rings. The van der Waals surface area contributed by atoms with Crippen LogP contribution in [0.5, 0.6) is 0 Å². The normalized spacial score (nSPS) is 10.9. The molecule has 0 aromatic carbocycles. The minimum absolute atomic E-state index is 0.0279. The van der Waals surface area contributed by atoms with Crippen LogP contribution in [-0.2, 0) is 6.54 Å². The van der Waals surface area contributed by atoms with E-state index < -0.39 is 0 Å². The molecule has 4 aromatic rings. The maximum atomic E-state index is 13.0. The SMILES string of the molecule is Cc1ccc2nc3c(cc(C#N)c(=N)n3Cc3ccncc3)c(=O)n2c1. The highest BCUT2D eigenvalue weighted by Crippen LogP contribution is 2.12. The lowest BCUT2D eigenvalue weighted by molar-refractivity contribution is 0.748. The molecule has 0 radical (unpaired) electrons. The summed E-state index contributed by atoms with van der Waals surface area (Å²) in [6.45, 7) is 2.22. The van der Waals surface area contributed by atoms with Crippen LogP contribution in [0.25, 0.3) is 16.7 Å². The van der Waals surface area contributed by atoms with E-state index in [-0.39, 0.29) is 16.6 Å². The molecular weight excluding hydrogens is 328 g/mol. The van der Waals surface area contributed by atoms with Gasteiger partial charge in [-0.2, -0.15) is 5.26 Å². The zero-order chi connectivity index (χ0) is 18.3. The maximum absolute atomic E-state index is 13.0. The van der Waals surface area contributed by atoms with Crippen LogP contribution in [0.2, 0.25) is 0 Å². The monoisotopic (exact) mass is 342 g/mol. The number of rotatable bonds is 2. The Morgan fingerprint density at radius 2 is 2.00 bits per heavy atom. The van der Waals surface area contributed by atoms with Gasteiger partial charge in [-0.1, -0.05) is 6.07 Å². The molecule has 0 aliphatic carbocycles. The van der Waals surface area contributed by atoms with Crippen LogP contribution in [0.15, 0.2) is 53.7 Å². The molecule has 0 spiro atoms. The van der Waals surface area contributed by atoms with E-state index in [1.54, 1.807) is 29.2 Å². The first-order valence-corrected chi connectivity index (χ1v) is 7.98. The smallest absolute Gasteiger partial charge is 0.267 e. The summed E-state index contributed by atoms with van der Waals surface area (Å²) in [6, 6.07) is 10.8. The fourth-order valence-electron chi connectivity index (χ4n) is 2.95. The van der Waals surface area contributed by atoms with E-state index in [2.05, 4.69) is 9.97 Å². The average Bonchev–Trinajstić information content (AvgIpc) is 2.66. The number of aromatic nitrogens is 4. The van der Waals surface area contributed by atoms with Gasteiger partial charge in [0.2, 0.25) is 0 Å². The van der Waals surface area contributed by atoms with E-state index in [1.165, 1.54) is 10.5 Å². The van der Waals surface area contributed by atoms with Gasteiger partial charge in [-0.05, 0) is 42.3 Å². The zero-order valence-electron chi connectivity index (χ0n) is 14.0. The van der Waals surface area contributed by atoms with Gasteiger partial charge in [-0.3, -0.25) is 19.6 Å². The number of fused-ring (bicyclic) bond motifs is 2. The number of nitriles is 1. The third kappa shape index (κ3) is 2.45. The Balaban J connectivity index is 2.12. The Hall–Kier alpha value is -3.79. The van der Waals surface area contributed by atoms with Gasteiger partial charge >= 0.3 is 0 Å². The minimum atomic E-state index is -0.256. The van der Waals surface area contributed by atoms with Crippen LogP contribution in [0.4, 0.5) is 0 Å². The molecule has 7 nitrogen and oxygen atoms in total. The Bertz CT molecular complexity index is 1310. The van der Waals surface area contributed by atoms with Crippen molar-refractivity contribution in [1.82, 2.24) is 18.9 Å². The third-order valence-electron chi connectivity index (χ3n) is 4.27. The predicted octanol–water partition coefficient (Wildman–Crippen LogP) is 1.75. The fourth-order valence-corrected chi connectivity index (χ4v) is 2.95. The molecule has 4 heterocycles. The van der Waals surface area contributed by atoms with Gasteiger partial charge in [-0.25, -0.2) is 4.98 Å². The Kier molecular flexibility index (Phi) is 3.59. The van der Waals surface area contributed by atoms with Crippen LogP contribution in [0, 0.1) is 23.7 Å². The first-order valence-electron chi connectivity index (χ1n) is 7.98. The summed E-state index contributed by atoms with van der Waals surface area (Å²) in [5.74, 6) is 0. The van der Waals surface area contributed by atoms with E-state index >= 15 is 0 Å². The molecule has 26 heavy (non-hydrogen) atoms. The van der Waals surface area contributed by atoms with Crippen LogP contribution in [0.1, 0.15) is 16.7 Å². The van der Waals surface area contributed by atoms with E-state index in [1.807, 2.05) is 31.2 Å². The minimum Gasteiger partial charge on any atom is -0.305 e. The van der Waals surface area contributed by atoms with E-state index in [4.69, 9.17) is 5.41 Å². The summed E-state index contributed by atoms with van der Waals surface area (Å²) in [4.78, 5) is 21.5. The molecule has 4 aromatic heterocycles. The lowest BCUT2D eigenvalue weighted by Gasteiger charge is -2.13. The first-order chi connectivity index (χ1) is 12.6. The molecule has 0 bridgehead atoms. The summed E-state index contributed by atoms with van der Waals surface area (Å²) < 4.78 is 3.06. The van der Waals surface area contributed by atoms with Crippen LogP contribution >= 0.6 is 0 Å². The van der Waals surface area contributed by atoms with Crippen LogP contribution in [-0.4, -0.2) is 18.9 Å². The Morgan fingerprint density at radius 3 is 2.73 bits per heavy atom. The van der Waals surface area contributed by atoms with Gasteiger partial charge in [0.1, 0.15) is 22.9 Å². The summed E-state index contributed by atoms with van der Waals surface area (Å²) in [5.41, 5.74) is 2.64. The summed E-state index contributed by atoms with van der Waals surface area (Å²) >= 11 is 0. The zero-order valence-corrected chi connectivity index (χ0v) is 14.0. The lowest BCUT2D eigenvalue weighted by atomic mass is 10.2. The molecule has 0 saturated heterocycles. The molecule has 0 amide bonds. The van der Waals surface area contributed by atoms with Crippen molar-refractivity contribution in [3.05, 3.63) is 81.5 Å². The third-order valence-corrected chi connectivity index (χ3v) is 4.27. The topological polar surface area (TPSA) is 99.8 Å². The summed E-state index contributed by atoms with van der Waals surface area (Å²) in [7, 11) is 0. The van der Waals surface area contributed by atoms with Crippen molar-refractivity contribution in [2.75, 3.05) is 0 Å². The molecule has 0 saturated carbocycles. The van der Waals surface area contributed by atoms with Crippen molar-refractivity contribution in [3.63, 3.8) is 0 Å². The van der Waals surface area contributed by atoms with Gasteiger partial charge in [0.15, 0.2) is 0 Å².